The minimum absolute atomic E-state index is 0.715. The molecule has 18 heavy (non-hydrogen) atoms. The average molecular weight is 265 g/mol. The van der Waals surface area contributed by atoms with Gasteiger partial charge in [0.25, 0.3) is 0 Å². The Balaban J connectivity index is 2.35. The minimum atomic E-state index is 0.715. The second kappa shape index (κ2) is 5.50. The van der Waals surface area contributed by atoms with Crippen molar-refractivity contribution in [3.05, 3.63) is 40.4 Å². The van der Waals surface area contributed by atoms with E-state index in [0.29, 0.717) is 5.02 Å². The van der Waals surface area contributed by atoms with Crippen molar-refractivity contribution >= 4 is 11.6 Å². The molecule has 0 amide bonds. The number of aryl methyl sites for hydroxylation is 1. The standard InChI is InChI=1S/C13H17ClN4/c1-4-15-6-11-5-12(8-16-7-11)18-10(3)13(14)9(2)17-18/h5,7-8,15H,4,6H2,1-3H3. The molecule has 2 rings (SSSR count). The lowest BCUT2D eigenvalue weighted by Gasteiger charge is -2.07. The van der Waals surface area contributed by atoms with Gasteiger partial charge in [0, 0.05) is 12.7 Å². The summed E-state index contributed by atoms with van der Waals surface area (Å²) in [6, 6.07) is 2.07. The Labute approximate surface area is 112 Å². The van der Waals surface area contributed by atoms with E-state index in [1.54, 1.807) is 6.20 Å². The molecule has 2 heterocycles. The van der Waals surface area contributed by atoms with E-state index in [2.05, 4.69) is 28.4 Å². The Morgan fingerprint density at radius 3 is 2.72 bits per heavy atom. The molecule has 96 valence electrons. The van der Waals surface area contributed by atoms with Crippen molar-refractivity contribution in [3.63, 3.8) is 0 Å². The maximum absolute atomic E-state index is 6.16. The van der Waals surface area contributed by atoms with Crippen LogP contribution in [0.15, 0.2) is 18.5 Å². The highest BCUT2D eigenvalue weighted by molar-refractivity contribution is 6.31. The summed E-state index contributed by atoms with van der Waals surface area (Å²) in [5.41, 5.74) is 3.86. The maximum atomic E-state index is 6.16. The molecule has 1 N–H and O–H groups in total. The van der Waals surface area contributed by atoms with Crippen LogP contribution in [-0.4, -0.2) is 21.3 Å². The molecule has 0 saturated carbocycles. The molecule has 0 saturated heterocycles. The Morgan fingerprint density at radius 1 is 1.33 bits per heavy atom. The molecule has 0 spiro atoms. The quantitative estimate of drug-likeness (QED) is 0.923. The van der Waals surface area contributed by atoms with Gasteiger partial charge in [-0.1, -0.05) is 18.5 Å². The highest BCUT2D eigenvalue weighted by Crippen LogP contribution is 2.22. The van der Waals surface area contributed by atoms with Crippen molar-refractivity contribution in [2.75, 3.05) is 6.54 Å². The topological polar surface area (TPSA) is 42.7 Å². The van der Waals surface area contributed by atoms with E-state index in [0.717, 1.165) is 35.7 Å². The fourth-order valence-electron chi connectivity index (χ4n) is 1.83. The summed E-state index contributed by atoms with van der Waals surface area (Å²) >= 11 is 6.16. The average Bonchev–Trinajstić information content (AvgIpc) is 2.64. The van der Waals surface area contributed by atoms with Crippen LogP contribution in [0.4, 0.5) is 0 Å². The summed E-state index contributed by atoms with van der Waals surface area (Å²) < 4.78 is 1.83. The molecule has 0 fully saturated rings. The zero-order chi connectivity index (χ0) is 13.1. The summed E-state index contributed by atoms with van der Waals surface area (Å²) in [4.78, 5) is 4.25. The largest absolute Gasteiger partial charge is 0.313 e. The number of pyridine rings is 1. The van der Waals surface area contributed by atoms with Gasteiger partial charge >= 0.3 is 0 Å². The summed E-state index contributed by atoms with van der Waals surface area (Å²) in [5, 5.41) is 8.42. The lowest BCUT2D eigenvalue weighted by molar-refractivity contribution is 0.721. The zero-order valence-corrected chi connectivity index (χ0v) is 11.6. The van der Waals surface area contributed by atoms with Gasteiger partial charge in [-0.15, -0.1) is 0 Å². The molecule has 0 radical (unpaired) electrons. The maximum Gasteiger partial charge on any atom is 0.0848 e. The van der Waals surface area contributed by atoms with Crippen LogP contribution in [0.3, 0.4) is 0 Å². The first-order valence-electron chi connectivity index (χ1n) is 6.00. The minimum Gasteiger partial charge on any atom is -0.313 e. The van der Waals surface area contributed by atoms with Crippen molar-refractivity contribution in [2.24, 2.45) is 0 Å². The lowest BCUT2D eigenvalue weighted by Crippen LogP contribution is -2.12. The van der Waals surface area contributed by atoms with E-state index < -0.39 is 0 Å². The van der Waals surface area contributed by atoms with Crippen molar-refractivity contribution in [1.82, 2.24) is 20.1 Å². The first-order chi connectivity index (χ1) is 8.63. The predicted octanol–water partition coefficient (Wildman–Crippen LogP) is 2.65. The number of nitrogens with one attached hydrogen (secondary N) is 1. The third-order valence-electron chi connectivity index (χ3n) is 2.81. The van der Waals surface area contributed by atoms with Gasteiger partial charge < -0.3 is 5.32 Å². The smallest absolute Gasteiger partial charge is 0.0848 e. The predicted molar refractivity (Wildman–Crippen MR) is 73.2 cm³/mol. The summed E-state index contributed by atoms with van der Waals surface area (Å²) in [6.07, 6.45) is 3.66. The van der Waals surface area contributed by atoms with Crippen LogP contribution >= 0.6 is 11.6 Å². The van der Waals surface area contributed by atoms with E-state index in [4.69, 9.17) is 11.6 Å². The van der Waals surface area contributed by atoms with E-state index in [-0.39, 0.29) is 0 Å². The Bertz CT molecular complexity index is 548. The van der Waals surface area contributed by atoms with Gasteiger partial charge in [-0.3, -0.25) is 4.98 Å². The molecular formula is C13H17ClN4. The summed E-state index contributed by atoms with van der Waals surface area (Å²) in [7, 11) is 0. The monoisotopic (exact) mass is 264 g/mol. The van der Waals surface area contributed by atoms with E-state index >= 15 is 0 Å². The Morgan fingerprint density at radius 2 is 2.11 bits per heavy atom. The van der Waals surface area contributed by atoms with Crippen LogP contribution < -0.4 is 5.32 Å². The van der Waals surface area contributed by atoms with Crippen LogP contribution in [-0.2, 0) is 6.54 Å². The highest BCUT2D eigenvalue weighted by atomic mass is 35.5. The molecule has 0 aliphatic heterocycles. The van der Waals surface area contributed by atoms with Gasteiger partial charge in [0.15, 0.2) is 0 Å². The second-order valence-corrected chi connectivity index (χ2v) is 4.61. The van der Waals surface area contributed by atoms with Crippen molar-refractivity contribution < 1.29 is 0 Å². The molecule has 2 aromatic heterocycles. The van der Waals surface area contributed by atoms with Gasteiger partial charge in [0.2, 0.25) is 0 Å². The van der Waals surface area contributed by atoms with Crippen molar-refractivity contribution in [3.8, 4) is 5.69 Å². The van der Waals surface area contributed by atoms with E-state index in [9.17, 15) is 0 Å². The molecule has 0 atom stereocenters. The molecule has 0 unspecified atom stereocenters. The second-order valence-electron chi connectivity index (χ2n) is 4.23. The molecule has 0 aliphatic carbocycles. The molecule has 2 aromatic rings. The highest BCUT2D eigenvalue weighted by Gasteiger charge is 2.11. The van der Waals surface area contributed by atoms with Crippen molar-refractivity contribution in [2.45, 2.75) is 27.3 Å². The first kappa shape index (κ1) is 13.1. The molecular weight excluding hydrogens is 248 g/mol. The number of hydrogen-bond donors (Lipinski definition) is 1. The first-order valence-corrected chi connectivity index (χ1v) is 6.38. The fourth-order valence-corrected chi connectivity index (χ4v) is 1.95. The van der Waals surface area contributed by atoms with Crippen LogP contribution in [0, 0.1) is 13.8 Å². The van der Waals surface area contributed by atoms with Crippen LogP contribution in [0.25, 0.3) is 5.69 Å². The molecule has 5 heteroatoms. The van der Waals surface area contributed by atoms with Gasteiger partial charge in [-0.2, -0.15) is 5.10 Å². The van der Waals surface area contributed by atoms with Crippen LogP contribution in [0.1, 0.15) is 23.9 Å². The lowest BCUT2D eigenvalue weighted by atomic mass is 10.2. The Hall–Kier alpha value is -1.39. The van der Waals surface area contributed by atoms with Crippen LogP contribution in [0.5, 0.6) is 0 Å². The summed E-state index contributed by atoms with van der Waals surface area (Å²) in [5.74, 6) is 0. The number of hydrogen-bond acceptors (Lipinski definition) is 3. The number of rotatable bonds is 4. The third-order valence-corrected chi connectivity index (χ3v) is 3.35. The Kier molecular flexibility index (Phi) is 3.99. The van der Waals surface area contributed by atoms with Crippen LogP contribution in [0.2, 0.25) is 5.02 Å². The van der Waals surface area contributed by atoms with E-state index in [1.807, 2.05) is 24.7 Å². The molecule has 0 aromatic carbocycles. The normalized spacial score (nSPS) is 10.9. The van der Waals surface area contributed by atoms with E-state index in [1.165, 1.54) is 0 Å². The molecule has 0 bridgehead atoms. The zero-order valence-electron chi connectivity index (χ0n) is 10.9. The molecule has 0 aliphatic rings. The van der Waals surface area contributed by atoms with Gasteiger partial charge in [0.1, 0.15) is 0 Å². The number of nitrogens with zero attached hydrogens (tertiary/aromatic N) is 3. The SMILES string of the molecule is CCNCc1cncc(-n2nc(C)c(Cl)c2C)c1. The molecule has 4 nitrogen and oxygen atoms in total. The summed E-state index contributed by atoms with van der Waals surface area (Å²) in [6.45, 7) is 7.69. The van der Waals surface area contributed by atoms with Crippen molar-refractivity contribution in [1.29, 1.82) is 0 Å². The third kappa shape index (κ3) is 2.54. The number of halogens is 1. The van der Waals surface area contributed by atoms with Gasteiger partial charge in [0.05, 0.1) is 28.3 Å². The van der Waals surface area contributed by atoms with Gasteiger partial charge in [-0.25, -0.2) is 4.68 Å². The number of aromatic nitrogens is 3. The van der Waals surface area contributed by atoms with Gasteiger partial charge in [-0.05, 0) is 32.0 Å². The fraction of sp³-hybridized carbons (Fsp3) is 0.385.